The van der Waals surface area contributed by atoms with Gasteiger partial charge in [-0.3, -0.25) is 9.59 Å². The lowest BCUT2D eigenvalue weighted by atomic mass is 9.79. The van der Waals surface area contributed by atoms with Gasteiger partial charge in [0.1, 0.15) is 5.54 Å². The lowest BCUT2D eigenvalue weighted by molar-refractivity contribution is -0.148. The fourth-order valence-electron chi connectivity index (χ4n) is 4.16. The largest absolute Gasteiger partial charge is 0.351 e. The molecule has 5 heteroatoms. The van der Waals surface area contributed by atoms with Gasteiger partial charge in [-0.05, 0) is 37.1 Å². The van der Waals surface area contributed by atoms with Crippen LogP contribution in [0.5, 0.6) is 0 Å². The van der Waals surface area contributed by atoms with Crippen molar-refractivity contribution < 1.29 is 9.59 Å². The molecule has 0 saturated heterocycles. The van der Waals surface area contributed by atoms with Crippen LogP contribution in [0.4, 0.5) is 0 Å². The van der Waals surface area contributed by atoms with Crippen LogP contribution in [0.25, 0.3) is 0 Å². The van der Waals surface area contributed by atoms with Crippen molar-refractivity contribution in [3.63, 3.8) is 0 Å². The Morgan fingerprint density at radius 3 is 2.54 bits per heavy atom. The number of nitrogens with zero attached hydrogens (tertiary/aromatic N) is 1. The van der Waals surface area contributed by atoms with Crippen molar-refractivity contribution in [2.75, 3.05) is 7.05 Å². The lowest BCUT2D eigenvalue weighted by Gasteiger charge is -2.43. The fraction of sp³-hybridized carbons (Fsp3) is 0.684. The highest BCUT2D eigenvalue weighted by atomic mass is 32.1. The molecule has 1 N–H and O–H groups in total. The number of likely N-dealkylation sites (N-methyl/N-ethyl adjacent to an activating group) is 1. The maximum Gasteiger partial charge on any atom is 0.246 e. The SMILES string of the molecule is CN(C(=O)Cc1cccs1)C1(C(=O)NC2CCCC2)CCCCC1. The van der Waals surface area contributed by atoms with Gasteiger partial charge in [0.25, 0.3) is 0 Å². The average Bonchev–Trinajstić information content (AvgIpc) is 3.28. The zero-order valence-electron chi connectivity index (χ0n) is 14.6. The molecule has 2 aliphatic rings. The summed E-state index contributed by atoms with van der Waals surface area (Å²) in [6, 6.07) is 4.26. The minimum atomic E-state index is -0.644. The molecule has 0 radical (unpaired) electrons. The van der Waals surface area contributed by atoms with Gasteiger partial charge in [-0.25, -0.2) is 0 Å². The number of nitrogens with one attached hydrogen (secondary N) is 1. The first kappa shape index (κ1) is 17.5. The van der Waals surface area contributed by atoms with Crippen LogP contribution in [0.3, 0.4) is 0 Å². The predicted octanol–water partition coefficient (Wildman–Crippen LogP) is 3.51. The molecule has 0 bridgehead atoms. The lowest BCUT2D eigenvalue weighted by Crippen LogP contribution is -2.61. The van der Waals surface area contributed by atoms with Gasteiger partial charge < -0.3 is 10.2 Å². The molecule has 0 spiro atoms. The van der Waals surface area contributed by atoms with E-state index < -0.39 is 5.54 Å². The summed E-state index contributed by atoms with van der Waals surface area (Å²) in [6.45, 7) is 0. The molecule has 2 saturated carbocycles. The Morgan fingerprint density at radius 1 is 1.21 bits per heavy atom. The maximum absolute atomic E-state index is 13.1. The molecule has 1 aromatic heterocycles. The van der Waals surface area contributed by atoms with E-state index >= 15 is 0 Å². The standard InChI is InChI=1S/C19H28N2O2S/c1-21(17(22)14-16-10-7-13-24-16)19(11-5-2-6-12-19)18(23)20-15-8-3-4-9-15/h7,10,13,15H,2-6,8-9,11-12,14H2,1H3,(H,20,23). The second kappa shape index (κ2) is 7.68. The van der Waals surface area contributed by atoms with E-state index in [1.165, 1.54) is 12.8 Å². The van der Waals surface area contributed by atoms with Crippen LogP contribution in [0.1, 0.15) is 62.7 Å². The van der Waals surface area contributed by atoms with Gasteiger partial charge in [-0.2, -0.15) is 0 Å². The molecule has 4 nitrogen and oxygen atoms in total. The monoisotopic (exact) mass is 348 g/mol. The average molecular weight is 349 g/mol. The first-order chi connectivity index (χ1) is 11.6. The molecule has 2 amide bonds. The van der Waals surface area contributed by atoms with E-state index in [4.69, 9.17) is 0 Å². The van der Waals surface area contributed by atoms with Crippen LogP contribution in [0.2, 0.25) is 0 Å². The molecule has 2 aliphatic carbocycles. The first-order valence-electron chi connectivity index (χ1n) is 9.22. The van der Waals surface area contributed by atoms with E-state index in [1.807, 2.05) is 24.6 Å². The topological polar surface area (TPSA) is 49.4 Å². The Bertz CT molecular complexity index is 558. The zero-order chi connectivity index (χ0) is 17.0. The number of carbonyl (C=O) groups is 2. The Morgan fingerprint density at radius 2 is 1.92 bits per heavy atom. The van der Waals surface area contributed by atoms with Gasteiger partial charge >= 0.3 is 0 Å². The Kier molecular flexibility index (Phi) is 5.59. The Hall–Kier alpha value is -1.36. The van der Waals surface area contributed by atoms with E-state index in [0.717, 1.165) is 49.8 Å². The summed E-state index contributed by atoms with van der Waals surface area (Å²) in [4.78, 5) is 28.8. The molecule has 1 aromatic rings. The molecule has 2 fully saturated rings. The summed E-state index contributed by atoms with van der Waals surface area (Å²) in [5.74, 6) is 0.136. The van der Waals surface area contributed by atoms with Gasteiger partial charge in [0.05, 0.1) is 6.42 Å². The van der Waals surface area contributed by atoms with Gasteiger partial charge in [0.2, 0.25) is 11.8 Å². The van der Waals surface area contributed by atoms with Crippen molar-refractivity contribution >= 4 is 23.2 Å². The molecule has 0 aliphatic heterocycles. The number of hydrogen-bond donors (Lipinski definition) is 1. The Labute approximate surface area is 148 Å². The minimum absolute atomic E-state index is 0.0564. The van der Waals surface area contributed by atoms with E-state index in [1.54, 1.807) is 16.2 Å². The van der Waals surface area contributed by atoms with E-state index in [0.29, 0.717) is 12.5 Å². The molecule has 1 heterocycles. The number of carbonyl (C=O) groups excluding carboxylic acids is 2. The highest BCUT2D eigenvalue weighted by molar-refractivity contribution is 7.10. The van der Waals surface area contributed by atoms with Crippen LogP contribution in [0.15, 0.2) is 17.5 Å². The summed E-state index contributed by atoms with van der Waals surface area (Å²) in [6.07, 6.45) is 9.73. The van der Waals surface area contributed by atoms with Crippen LogP contribution in [-0.4, -0.2) is 35.3 Å². The zero-order valence-corrected chi connectivity index (χ0v) is 15.4. The minimum Gasteiger partial charge on any atom is -0.351 e. The summed E-state index contributed by atoms with van der Waals surface area (Å²) in [5, 5.41) is 5.25. The van der Waals surface area contributed by atoms with E-state index in [9.17, 15) is 9.59 Å². The maximum atomic E-state index is 13.1. The highest BCUT2D eigenvalue weighted by Crippen LogP contribution is 2.34. The summed E-state index contributed by atoms with van der Waals surface area (Å²) >= 11 is 1.60. The summed E-state index contributed by atoms with van der Waals surface area (Å²) in [5.41, 5.74) is -0.644. The highest BCUT2D eigenvalue weighted by Gasteiger charge is 2.45. The quantitative estimate of drug-likeness (QED) is 0.885. The van der Waals surface area contributed by atoms with Crippen molar-refractivity contribution in [2.45, 2.75) is 75.8 Å². The van der Waals surface area contributed by atoms with Gasteiger partial charge in [0, 0.05) is 18.0 Å². The number of thiophene rings is 1. The third-order valence-corrected chi connectivity index (χ3v) is 6.59. The van der Waals surface area contributed by atoms with E-state index in [2.05, 4.69) is 5.32 Å². The van der Waals surface area contributed by atoms with Crippen LogP contribution in [-0.2, 0) is 16.0 Å². The molecule has 0 aromatic carbocycles. The van der Waals surface area contributed by atoms with Crippen LogP contribution in [0, 0.1) is 0 Å². The Balaban J connectivity index is 1.73. The van der Waals surface area contributed by atoms with Crippen LogP contribution < -0.4 is 5.32 Å². The third-order valence-electron chi connectivity index (χ3n) is 5.72. The van der Waals surface area contributed by atoms with Crippen molar-refractivity contribution in [1.82, 2.24) is 10.2 Å². The molecule has 0 unspecified atom stereocenters. The molecular formula is C19H28N2O2S. The van der Waals surface area contributed by atoms with Crippen molar-refractivity contribution in [3.8, 4) is 0 Å². The van der Waals surface area contributed by atoms with Crippen molar-refractivity contribution in [2.24, 2.45) is 0 Å². The predicted molar refractivity (Wildman–Crippen MR) is 97.0 cm³/mol. The van der Waals surface area contributed by atoms with Crippen molar-refractivity contribution in [1.29, 1.82) is 0 Å². The number of hydrogen-bond acceptors (Lipinski definition) is 3. The molecular weight excluding hydrogens is 320 g/mol. The van der Waals surface area contributed by atoms with E-state index in [-0.39, 0.29) is 11.8 Å². The molecule has 24 heavy (non-hydrogen) atoms. The first-order valence-corrected chi connectivity index (χ1v) is 10.1. The second-order valence-corrected chi connectivity index (χ2v) is 8.29. The van der Waals surface area contributed by atoms with Gasteiger partial charge in [-0.15, -0.1) is 11.3 Å². The molecule has 132 valence electrons. The number of amides is 2. The fourth-order valence-corrected chi connectivity index (χ4v) is 4.86. The van der Waals surface area contributed by atoms with Gasteiger partial charge in [0.15, 0.2) is 0 Å². The smallest absolute Gasteiger partial charge is 0.246 e. The summed E-state index contributed by atoms with van der Waals surface area (Å²) < 4.78 is 0. The number of rotatable bonds is 5. The normalized spacial score (nSPS) is 20.7. The molecule has 0 atom stereocenters. The third kappa shape index (κ3) is 3.66. The van der Waals surface area contributed by atoms with Gasteiger partial charge in [-0.1, -0.05) is 38.2 Å². The van der Waals surface area contributed by atoms with Crippen LogP contribution >= 0.6 is 11.3 Å². The van der Waals surface area contributed by atoms with Crippen molar-refractivity contribution in [3.05, 3.63) is 22.4 Å². The summed E-state index contributed by atoms with van der Waals surface area (Å²) in [7, 11) is 1.83. The second-order valence-electron chi connectivity index (χ2n) is 7.26. The molecule has 3 rings (SSSR count).